The summed E-state index contributed by atoms with van der Waals surface area (Å²) in [7, 11) is 1.40. The standard InChI is InChI=1S/C4H7NO4/c1-5-3(6)2-9-4(7)8/h2H2,1H3,(H,5,6)(H,7,8). The Kier molecular flexibility index (Phi) is 3.19. The minimum absolute atomic E-state index is 0.439. The monoisotopic (exact) mass is 133 g/mol. The van der Waals surface area contributed by atoms with Crippen molar-refractivity contribution >= 4 is 12.1 Å². The fraction of sp³-hybridized carbons (Fsp3) is 0.500. The summed E-state index contributed by atoms with van der Waals surface area (Å²) in [6, 6.07) is 0. The molecular weight excluding hydrogens is 126 g/mol. The van der Waals surface area contributed by atoms with Crippen molar-refractivity contribution in [3.8, 4) is 0 Å². The van der Waals surface area contributed by atoms with Crippen molar-refractivity contribution in [3.05, 3.63) is 0 Å². The maximum absolute atomic E-state index is 10.2. The van der Waals surface area contributed by atoms with Crippen LogP contribution in [0.5, 0.6) is 0 Å². The lowest BCUT2D eigenvalue weighted by atomic mass is 10.7. The number of carbonyl (C=O) groups excluding carboxylic acids is 1. The summed E-state index contributed by atoms with van der Waals surface area (Å²) < 4.78 is 3.90. The van der Waals surface area contributed by atoms with Gasteiger partial charge < -0.3 is 15.2 Å². The zero-order valence-corrected chi connectivity index (χ0v) is 4.88. The number of carbonyl (C=O) groups is 2. The normalized spacial score (nSPS) is 8.11. The van der Waals surface area contributed by atoms with Crippen molar-refractivity contribution in [1.29, 1.82) is 0 Å². The summed E-state index contributed by atoms with van der Waals surface area (Å²) in [6.45, 7) is -0.439. The van der Waals surface area contributed by atoms with Gasteiger partial charge in [0.15, 0.2) is 6.61 Å². The molecule has 0 unspecified atom stereocenters. The molecular formula is C4H7NO4. The molecule has 1 amide bonds. The van der Waals surface area contributed by atoms with Gasteiger partial charge in [-0.05, 0) is 0 Å². The summed E-state index contributed by atoms with van der Waals surface area (Å²) in [6.07, 6.45) is -1.45. The van der Waals surface area contributed by atoms with Crippen LogP contribution in [0.3, 0.4) is 0 Å². The van der Waals surface area contributed by atoms with E-state index in [9.17, 15) is 9.59 Å². The number of amides is 1. The number of nitrogens with one attached hydrogen (secondary N) is 1. The number of hydrogen-bond donors (Lipinski definition) is 2. The predicted molar refractivity (Wildman–Crippen MR) is 28.0 cm³/mol. The van der Waals surface area contributed by atoms with E-state index in [1.165, 1.54) is 7.05 Å². The molecule has 0 bridgehead atoms. The van der Waals surface area contributed by atoms with Crippen LogP contribution in [0.4, 0.5) is 4.79 Å². The molecule has 0 saturated heterocycles. The number of hydrogen-bond acceptors (Lipinski definition) is 3. The average Bonchev–Trinajstić information content (AvgIpc) is 1.83. The number of likely N-dealkylation sites (N-methyl/N-ethyl adjacent to an activating group) is 1. The Hall–Kier alpha value is -1.26. The van der Waals surface area contributed by atoms with Gasteiger partial charge in [-0.2, -0.15) is 0 Å². The lowest BCUT2D eigenvalue weighted by molar-refractivity contribution is -0.124. The highest BCUT2D eigenvalue weighted by molar-refractivity contribution is 5.78. The third-order valence-corrected chi connectivity index (χ3v) is 0.606. The second-order valence-corrected chi connectivity index (χ2v) is 1.23. The van der Waals surface area contributed by atoms with E-state index in [1.54, 1.807) is 0 Å². The molecule has 5 heteroatoms. The first kappa shape index (κ1) is 7.74. The van der Waals surface area contributed by atoms with E-state index < -0.39 is 18.7 Å². The van der Waals surface area contributed by atoms with E-state index in [4.69, 9.17) is 5.11 Å². The molecule has 0 aromatic carbocycles. The van der Waals surface area contributed by atoms with Crippen LogP contribution in [0.2, 0.25) is 0 Å². The minimum Gasteiger partial charge on any atom is -0.450 e. The molecule has 0 atom stereocenters. The van der Waals surface area contributed by atoms with Gasteiger partial charge in [0.25, 0.3) is 5.91 Å². The Morgan fingerprint density at radius 2 is 2.22 bits per heavy atom. The number of rotatable bonds is 2. The zero-order chi connectivity index (χ0) is 7.28. The number of ether oxygens (including phenoxy) is 1. The molecule has 0 fully saturated rings. The molecule has 0 rings (SSSR count). The van der Waals surface area contributed by atoms with Crippen molar-refractivity contribution in [2.45, 2.75) is 0 Å². The Morgan fingerprint density at radius 1 is 1.67 bits per heavy atom. The topological polar surface area (TPSA) is 75.6 Å². The van der Waals surface area contributed by atoms with Crippen LogP contribution >= 0.6 is 0 Å². The van der Waals surface area contributed by atoms with Crippen LogP contribution < -0.4 is 5.32 Å². The van der Waals surface area contributed by atoms with Crippen molar-refractivity contribution in [2.75, 3.05) is 13.7 Å². The molecule has 0 radical (unpaired) electrons. The third kappa shape index (κ3) is 4.60. The van der Waals surface area contributed by atoms with E-state index in [1.807, 2.05) is 0 Å². The molecule has 0 aromatic rings. The Balaban J connectivity index is 3.28. The molecule has 2 N–H and O–H groups in total. The number of carboxylic acid groups (broad SMARTS) is 1. The smallest absolute Gasteiger partial charge is 0.450 e. The molecule has 0 aliphatic carbocycles. The van der Waals surface area contributed by atoms with E-state index in [0.717, 1.165) is 0 Å². The first-order chi connectivity index (χ1) is 4.16. The van der Waals surface area contributed by atoms with Crippen molar-refractivity contribution in [2.24, 2.45) is 0 Å². The van der Waals surface area contributed by atoms with Gasteiger partial charge in [-0.3, -0.25) is 4.79 Å². The molecule has 0 saturated carbocycles. The average molecular weight is 133 g/mol. The first-order valence-corrected chi connectivity index (χ1v) is 2.23. The molecule has 0 aromatic heterocycles. The maximum Gasteiger partial charge on any atom is 0.506 e. The van der Waals surface area contributed by atoms with Gasteiger partial charge in [-0.25, -0.2) is 4.79 Å². The van der Waals surface area contributed by atoms with Crippen LogP contribution in [0.25, 0.3) is 0 Å². The fourth-order valence-corrected chi connectivity index (χ4v) is 0.199. The summed E-state index contributed by atoms with van der Waals surface area (Å²) in [5.74, 6) is -0.461. The Labute approximate surface area is 51.6 Å². The van der Waals surface area contributed by atoms with E-state index in [2.05, 4.69) is 10.1 Å². The van der Waals surface area contributed by atoms with Crippen molar-refractivity contribution in [1.82, 2.24) is 5.32 Å². The second-order valence-electron chi connectivity index (χ2n) is 1.23. The van der Waals surface area contributed by atoms with Gasteiger partial charge in [-0.1, -0.05) is 0 Å². The fourth-order valence-electron chi connectivity index (χ4n) is 0.199. The van der Waals surface area contributed by atoms with Gasteiger partial charge in [0.2, 0.25) is 0 Å². The molecule has 0 aliphatic heterocycles. The summed E-state index contributed by atoms with van der Waals surface area (Å²) in [5.41, 5.74) is 0. The second kappa shape index (κ2) is 3.71. The van der Waals surface area contributed by atoms with E-state index in [-0.39, 0.29) is 0 Å². The van der Waals surface area contributed by atoms with Gasteiger partial charge in [0, 0.05) is 7.05 Å². The van der Waals surface area contributed by atoms with Crippen LogP contribution in [0, 0.1) is 0 Å². The Bertz CT molecular complexity index is 122. The molecule has 5 nitrogen and oxygen atoms in total. The highest BCUT2D eigenvalue weighted by Gasteiger charge is 2.00. The zero-order valence-electron chi connectivity index (χ0n) is 4.88. The van der Waals surface area contributed by atoms with Gasteiger partial charge in [0.1, 0.15) is 0 Å². The van der Waals surface area contributed by atoms with Crippen LogP contribution in [0.1, 0.15) is 0 Å². The van der Waals surface area contributed by atoms with Crippen LogP contribution in [-0.2, 0) is 9.53 Å². The lowest BCUT2D eigenvalue weighted by Gasteiger charge is -1.96. The SMILES string of the molecule is CNC(=O)COC(=O)O. The van der Waals surface area contributed by atoms with Crippen molar-refractivity contribution < 1.29 is 19.4 Å². The van der Waals surface area contributed by atoms with Gasteiger partial charge in [-0.15, -0.1) is 0 Å². The van der Waals surface area contributed by atoms with Crippen molar-refractivity contribution in [3.63, 3.8) is 0 Å². The molecule has 52 valence electrons. The third-order valence-electron chi connectivity index (χ3n) is 0.606. The minimum atomic E-state index is -1.45. The van der Waals surface area contributed by atoms with Gasteiger partial charge >= 0.3 is 6.16 Å². The van der Waals surface area contributed by atoms with Crippen LogP contribution in [-0.4, -0.2) is 30.8 Å². The quantitative estimate of drug-likeness (QED) is 0.494. The summed E-state index contributed by atoms with van der Waals surface area (Å²) in [4.78, 5) is 19.8. The van der Waals surface area contributed by atoms with E-state index in [0.29, 0.717) is 0 Å². The largest absolute Gasteiger partial charge is 0.506 e. The molecule has 0 aliphatic rings. The predicted octanol–water partition coefficient (Wildman–Crippen LogP) is -0.573. The first-order valence-electron chi connectivity index (χ1n) is 2.23. The maximum atomic E-state index is 10.2. The summed E-state index contributed by atoms with van der Waals surface area (Å²) >= 11 is 0. The van der Waals surface area contributed by atoms with E-state index >= 15 is 0 Å². The Morgan fingerprint density at radius 3 is 2.56 bits per heavy atom. The highest BCUT2D eigenvalue weighted by Crippen LogP contribution is 1.73. The molecule has 0 spiro atoms. The lowest BCUT2D eigenvalue weighted by Crippen LogP contribution is -2.24. The molecule has 9 heavy (non-hydrogen) atoms. The highest BCUT2D eigenvalue weighted by atomic mass is 16.7. The van der Waals surface area contributed by atoms with Crippen LogP contribution in [0.15, 0.2) is 0 Å². The summed E-state index contributed by atoms with van der Waals surface area (Å²) in [5, 5.41) is 10.0. The van der Waals surface area contributed by atoms with Gasteiger partial charge in [0.05, 0.1) is 0 Å². The molecule has 0 heterocycles.